The van der Waals surface area contributed by atoms with Crippen LogP contribution in [0.4, 0.5) is 0 Å². The van der Waals surface area contributed by atoms with Gasteiger partial charge < -0.3 is 5.73 Å². The number of nitrogens with zero attached hydrogens (tertiary/aromatic N) is 1. The van der Waals surface area contributed by atoms with Gasteiger partial charge in [-0.2, -0.15) is 5.26 Å². The molecule has 0 saturated heterocycles. The molecule has 12 heavy (non-hydrogen) atoms. The van der Waals surface area contributed by atoms with Crippen LogP contribution >= 0.6 is 15.9 Å². The average molecular weight is 225 g/mol. The van der Waals surface area contributed by atoms with Crippen LogP contribution in [0.15, 0.2) is 28.7 Å². The van der Waals surface area contributed by atoms with E-state index in [-0.39, 0.29) is 0 Å². The van der Waals surface area contributed by atoms with E-state index in [4.69, 9.17) is 11.0 Å². The lowest BCUT2D eigenvalue weighted by Gasteiger charge is -2.02. The van der Waals surface area contributed by atoms with Crippen molar-refractivity contribution in [1.82, 2.24) is 0 Å². The minimum Gasteiger partial charge on any atom is -0.316 e. The second-order valence-electron chi connectivity index (χ2n) is 2.57. The highest BCUT2D eigenvalue weighted by Gasteiger charge is 2.01. The van der Waals surface area contributed by atoms with E-state index in [1.54, 1.807) is 0 Å². The van der Waals surface area contributed by atoms with Crippen molar-refractivity contribution in [2.24, 2.45) is 5.73 Å². The molecule has 0 spiro atoms. The number of nitriles is 1. The average Bonchev–Trinajstić information content (AvgIpc) is 2.04. The van der Waals surface area contributed by atoms with Gasteiger partial charge in [-0.15, -0.1) is 0 Å². The second-order valence-corrected chi connectivity index (χ2v) is 3.49. The summed E-state index contributed by atoms with van der Waals surface area (Å²) in [4.78, 5) is 0. The topological polar surface area (TPSA) is 49.8 Å². The fourth-order valence-corrected chi connectivity index (χ4v) is 1.41. The lowest BCUT2D eigenvalue weighted by molar-refractivity contribution is 0.822. The Morgan fingerprint density at radius 1 is 1.58 bits per heavy atom. The molecule has 62 valence electrons. The van der Waals surface area contributed by atoms with E-state index in [1.165, 1.54) is 0 Å². The van der Waals surface area contributed by atoms with Crippen LogP contribution in [0.5, 0.6) is 0 Å². The summed E-state index contributed by atoms with van der Waals surface area (Å²) < 4.78 is 1.02. The minimum atomic E-state index is -0.403. The summed E-state index contributed by atoms with van der Waals surface area (Å²) in [6, 6.07) is 9.40. The van der Waals surface area contributed by atoms with Crippen LogP contribution < -0.4 is 5.73 Å². The molecule has 2 nitrogen and oxygen atoms in total. The molecule has 1 atom stereocenters. The highest BCUT2D eigenvalue weighted by molar-refractivity contribution is 9.10. The van der Waals surface area contributed by atoms with Gasteiger partial charge in [-0.05, 0) is 17.7 Å². The summed E-state index contributed by atoms with van der Waals surface area (Å²) in [5.41, 5.74) is 6.56. The van der Waals surface area contributed by atoms with E-state index in [0.717, 1.165) is 10.0 Å². The number of halogens is 1. The van der Waals surface area contributed by atoms with E-state index in [9.17, 15) is 0 Å². The van der Waals surface area contributed by atoms with E-state index in [1.807, 2.05) is 30.3 Å². The SMILES string of the molecule is N#CC(N)Cc1cccc(Br)c1. The monoisotopic (exact) mass is 224 g/mol. The highest BCUT2D eigenvalue weighted by Crippen LogP contribution is 2.12. The molecule has 1 unspecified atom stereocenters. The first-order valence-electron chi connectivity index (χ1n) is 3.62. The molecule has 1 aromatic carbocycles. The molecule has 0 amide bonds. The molecule has 0 radical (unpaired) electrons. The summed E-state index contributed by atoms with van der Waals surface area (Å²) in [6.45, 7) is 0. The molecule has 0 aromatic heterocycles. The van der Waals surface area contributed by atoms with Crippen molar-refractivity contribution in [3.8, 4) is 6.07 Å². The minimum absolute atomic E-state index is 0.403. The third-order valence-electron chi connectivity index (χ3n) is 1.51. The first kappa shape index (κ1) is 9.24. The van der Waals surface area contributed by atoms with Gasteiger partial charge in [-0.1, -0.05) is 28.1 Å². The highest BCUT2D eigenvalue weighted by atomic mass is 79.9. The standard InChI is InChI=1S/C9H9BrN2/c10-8-3-1-2-7(4-8)5-9(12)6-11/h1-4,9H,5,12H2. The van der Waals surface area contributed by atoms with Gasteiger partial charge >= 0.3 is 0 Å². The van der Waals surface area contributed by atoms with Gasteiger partial charge in [0, 0.05) is 10.9 Å². The number of nitrogens with two attached hydrogens (primary N) is 1. The Morgan fingerprint density at radius 2 is 2.33 bits per heavy atom. The van der Waals surface area contributed by atoms with Crippen LogP contribution in [-0.2, 0) is 6.42 Å². The van der Waals surface area contributed by atoms with Crippen molar-refractivity contribution in [3.05, 3.63) is 34.3 Å². The van der Waals surface area contributed by atoms with E-state index in [2.05, 4.69) is 15.9 Å². The van der Waals surface area contributed by atoms with Gasteiger partial charge in [-0.3, -0.25) is 0 Å². The Hall–Kier alpha value is -0.850. The summed E-state index contributed by atoms with van der Waals surface area (Å²) >= 11 is 3.35. The van der Waals surface area contributed by atoms with Crippen molar-refractivity contribution < 1.29 is 0 Å². The van der Waals surface area contributed by atoms with Gasteiger partial charge in [-0.25, -0.2) is 0 Å². The Kier molecular flexibility index (Phi) is 3.27. The third kappa shape index (κ3) is 2.65. The summed E-state index contributed by atoms with van der Waals surface area (Å²) in [7, 11) is 0. The molecule has 1 aromatic rings. The van der Waals surface area contributed by atoms with Crippen LogP contribution in [0.25, 0.3) is 0 Å². The molecular formula is C9H9BrN2. The molecule has 0 aliphatic rings. The van der Waals surface area contributed by atoms with Crippen LogP contribution in [0.1, 0.15) is 5.56 Å². The smallest absolute Gasteiger partial charge is 0.0968 e. The zero-order chi connectivity index (χ0) is 8.97. The molecule has 2 N–H and O–H groups in total. The normalized spacial score (nSPS) is 12.1. The first-order valence-corrected chi connectivity index (χ1v) is 4.41. The number of rotatable bonds is 2. The zero-order valence-corrected chi connectivity index (χ0v) is 8.08. The molecule has 0 heterocycles. The van der Waals surface area contributed by atoms with Crippen molar-refractivity contribution >= 4 is 15.9 Å². The van der Waals surface area contributed by atoms with Gasteiger partial charge in [0.1, 0.15) is 0 Å². The predicted molar refractivity (Wildman–Crippen MR) is 51.4 cm³/mol. The van der Waals surface area contributed by atoms with Crippen LogP contribution in [0.3, 0.4) is 0 Å². The van der Waals surface area contributed by atoms with Crippen LogP contribution in [0, 0.1) is 11.3 Å². The molecule has 0 saturated carbocycles. The lowest BCUT2D eigenvalue weighted by Crippen LogP contribution is -2.19. The summed E-state index contributed by atoms with van der Waals surface area (Å²) in [5.74, 6) is 0. The number of benzene rings is 1. The van der Waals surface area contributed by atoms with E-state index in [0.29, 0.717) is 6.42 Å². The lowest BCUT2D eigenvalue weighted by atomic mass is 10.1. The Bertz CT molecular complexity index is 304. The Labute approximate surface area is 80.1 Å². The molecule has 0 bridgehead atoms. The van der Waals surface area contributed by atoms with E-state index >= 15 is 0 Å². The quantitative estimate of drug-likeness (QED) is 0.834. The maximum absolute atomic E-state index is 8.48. The van der Waals surface area contributed by atoms with Crippen LogP contribution in [-0.4, -0.2) is 6.04 Å². The molecule has 0 aliphatic heterocycles. The summed E-state index contributed by atoms with van der Waals surface area (Å²) in [5, 5.41) is 8.48. The first-order chi connectivity index (χ1) is 5.72. The molecule has 1 rings (SSSR count). The van der Waals surface area contributed by atoms with Crippen molar-refractivity contribution in [2.75, 3.05) is 0 Å². The van der Waals surface area contributed by atoms with Crippen molar-refractivity contribution in [1.29, 1.82) is 5.26 Å². The summed E-state index contributed by atoms with van der Waals surface area (Å²) in [6.07, 6.45) is 0.607. The largest absolute Gasteiger partial charge is 0.316 e. The number of hydrogen-bond acceptors (Lipinski definition) is 2. The molecular weight excluding hydrogens is 216 g/mol. The third-order valence-corrected chi connectivity index (χ3v) is 2.00. The van der Waals surface area contributed by atoms with Gasteiger partial charge in [0.25, 0.3) is 0 Å². The Balaban J connectivity index is 2.71. The maximum atomic E-state index is 8.48. The predicted octanol–water partition coefficient (Wildman–Crippen LogP) is 1.84. The molecule has 0 aliphatic carbocycles. The Morgan fingerprint density at radius 3 is 2.92 bits per heavy atom. The number of hydrogen-bond donors (Lipinski definition) is 1. The zero-order valence-electron chi connectivity index (χ0n) is 6.50. The van der Waals surface area contributed by atoms with Gasteiger partial charge in [0.2, 0.25) is 0 Å². The fourth-order valence-electron chi connectivity index (χ4n) is 0.964. The van der Waals surface area contributed by atoms with Crippen LogP contribution in [0.2, 0.25) is 0 Å². The van der Waals surface area contributed by atoms with Crippen molar-refractivity contribution in [3.63, 3.8) is 0 Å². The maximum Gasteiger partial charge on any atom is 0.0968 e. The fraction of sp³-hybridized carbons (Fsp3) is 0.222. The second kappa shape index (κ2) is 4.24. The molecule has 3 heteroatoms. The van der Waals surface area contributed by atoms with Crippen molar-refractivity contribution in [2.45, 2.75) is 12.5 Å². The van der Waals surface area contributed by atoms with Gasteiger partial charge in [0.05, 0.1) is 12.1 Å². The van der Waals surface area contributed by atoms with Gasteiger partial charge in [0.15, 0.2) is 0 Å². The van der Waals surface area contributed by atoms with E-state index < -0.39 is 6.04 Å². The molecule has 0 fully saturated rings.